The Bertz CT molecular complexity index is 448. The number of carbonyl (C=O) groups excluding carboxylic acids is 1. The van der Waals surface area contributed by atoms with E-state index in [0.717, 1.165) is 24.7 Å². The van der Waals surface area contributed by atoms with Crippen LogP contribution in [0.4, 0.5) is 5.95 Å². The maximum Gasteiger partial charge on any atom is 0.225 e. The van der Waals surface area contributed by atoms with Crippen molar-refractivity contribution in [1.29, 1.82) is 0 Å². The topological polar surface area (TPSA) is 46.1 Å². The molecule has 1 fully saturated rings. The van der Waals surface area contributed by atoms with Crippen molar-refractivity contribution in [3.05, 3.63) is 17.5 Å². The molecule has 0 amide bonds. The van der Waals surface area contributed by atoms with Crippen LogP contribution >= 0.6 is 0 Å². The van der Waals surface area contributed by atoms with Crippen LogP contribution in [0.1, 0.15) is 43.2 Å². The normalized spacial score (nSPS) is 24.1. The first-order valence-corrected chi connectivity index (χ1v) is 6.57. The summed E-state index contributed by atoms with van der Waals surface area (Å²) >= 11 is 0. The Hall–Kier alpha value is -1.45. The van der Waals surface area contributed by atoms with E-state index in [1.54, 1.807) is 13.1 Å². The van der Waals surface area contributed by atoms with Gasteiger partial charge in [0.1, 0.15) is 0 Å². The van der Waals surface area contributed by atoms with E-state index in [4.69, 9.17) is 0 Å². The van der Waals surface area contributed by atoms with Crippen molar-refractivity contribution >= 4 is 11.7 Å². The lowest BCUT2D eigenvalue weighted by Gasteiger charge is -2.35. The first kappa shape index (κ1) is 13.0. The summed E-state index contributed by atoms with van der Waals surface area (Å²) in [4.78, 5) is 22.4. The van der Waals surface area contributed by atoms with Crippen molar-refractivity contribution in [2.24, 2.45) is 11.8 Å². The van der Waals surface area contributed by atoms with Crippen LogP contribution in [0.2, 0.25) is 0 Å². The zero-order valence-corrected chi connectivity index (χ0v) is 11.6. The van der Waals surface area contributed by atoms with E-state index in [2.05, 4.69) is 28.7 Å². The Labute approximate surface area is 108 Å². The van der Waals surface area contributed by atoms with E-state index in [1.165, 1.54) is 6.42 Å². The van der Waals surface area contributed by atoms with Gasteiger partial charge in [0.05, 0.1) is 11.3 Å². The van der Waals surface area contributed by atoms with Crippen molar-refractivity contribution in [3.63, 3.8) is 0 Å². The summed E-state index contributed by atoms with van der Waals surface area (Å²) in [6, 6.07) is 0. The van der Waals surface area contributed by atoms with E-state index in [0.29, 0.717) is 17.4 Å². The van der Waals surface area contributed by atoms with Gasteiger partial charge in [0.25, 0.3) is 0 Å². The second-order valence-electron chi connectivity index (χ2n) is 5.58. The minimum atomic E-state index is 0.0273. The van der Waals surface area contributed by atoms with Gasteiger partial charge < -0.3 is 4.90 Å². The number of hydrogen-bond acceptors (Lipinski definition) is 4. The van der Waals surface area contributed by atoms with Gasteiger partial charge in [-0.25, -0.2) is 9.97 Å². The van der Waals surface area contributed by atoms with E-state index in [9.17, 15) is 4.79 Å². The molecule has 2 heterocycles. The maximum atomic E-state index is 11.4. The third-order valence-electron chi connectivity index (χ3n) is 3.50. The molecule has 2 atom stereocenters. The average Bonchev–Trinajstić information content (AvgIpc) is 2.26. The van der Waals surface area contributed by atoms with Crippen LogP contribution in [0.3, 0.4) is 0 Å². The van der Waals surface area contributed by atoms with Gasteiger partial charge >= 0.3 is 0 Å². The monoisotopic (exact) mass is 247 g/mol. The predicted molar refractivity (Wildman–Crippen MR) is 71.9 cm³/mol. The zero-order chi connectivity index (χ0) is 13.3. The van der Waals surface area contributed by atoms with Crippen molar-refractivity contribution in [3.8, 4) is 0 Å². The molecule has 0 N–H and O–H groups in total. The summed E-state index contributed by atoms with van der Waals surface area (Å²) in [6.07, 6.45) is 2.92. The highest BCUT2D eigenvalue weighted by atomic mass is 16.1. The molecule has 1 aromatic rings. The Balaban J connectivity index is 2.23. The van der Waals surface area contributed by atoms with Crippen LogP contribution in [0.5, 0.6) is 0 Å². The Morgan fingerprint density at radius 2 is 1.94 bits per heavy atom. The molecule has 1 aromatic heterocycles. The van der Waals surface area contributed by atoms with Crippen LogP contribution in [0.25, 0.3) is 0 Å². The number of hydrogen-bond donors (Lipinski definition) is 0. The molecule has 0 bridgehead atoms. The van der Waals surface area contributed by atoms with Crippen molar-refractivity contribution < 1.29 is 4.79 Å². The summed E-state index contributed by atoms with van der Waals surface area (Å²) in [7, 11) is 0. The summed E-state index contributed by atoms with van der Waals surface area (Å²) < 4.78 is 0. The number of aromatic nitrogens is 2. The molecule has 1 saturated heterocycles. The van der Waals surface area contributed by atoms with Gasteiger partial charge in [0.2, 0.25) is 5.95 Å². The standard InChI is InChI=1S/C14H21N3O/c1-9-5-10(2)8-17(7-9)14-15-6-13(12(4)18)11(3)16-14/h6,9-10H,5,7-8H2,1-4H3/t9-,10-/m0/s1. The number of carbonyl (C=O) groups is 1. The molecule has 0 unspecified atom stereocenters. The van der Waals surface area contributed by atoms with Gasteiger partial charge in [-0.1, -0.05) is 13.8 Å². The predicted octanol–water partition coefficient (Wildman–Crippen LogP) is 2.47. The number of piperidine rings is 1. The van der Waals surface area contributed by atoms with E-state index in [-0.39, 0.29) is 5.78 Å². The average molecular weight is 247 g/mol. The van der Waals surface area contributed by atoms with Crippen LogP contribution in [0, 0.1) is 18.8 Å². The quantitative estimate of drug-likeness (QED) is 0.753. The molecule has 1 aliphatic heterocycles. The second-order valence-corrected chi connectivity index (χ2v) is 5.58. The molecule has 1 aliphatic rings. The molecule has 98 valence electrons. The highest BCUT2D eigenvalue weighted by Gasteiger charge is 2.24. The fourth-order valence-corrected chi connectivity index (χ4v) is 2.78. The van der Waals surface area contributed by atoms with Gasteiger partial charge in [-0.3, -0.25) is 4.79 Å². The minimum absolute atomic E-state index is 0.0273. The van der Waals surface area contributed by atoms with Gasteiger partial charge in [-0.2, -0.15) is 0 Å². The molecule has 0 radical (unpaired) electrons. The molecule has 18 heavy (non-hydrogen) atoms. The Morgan fingerprint density at radius 1 is 1.33 bits per heavy atom. The summed E-state index contributed by atoms with van der Waals surface area (Å²) in [5, 5.41) is 0. The lowest BCUT2D eigenvalue weighted by Crippen LogP contribution is -2.39. The molecule has 0 spiro atoms. The van der Waals surface area contributed by atoms with Gasteiger partial charge in [0, 0.05) is 19.3 Å². The fraction of sp³-hybridized carbons (Fsp3) is 0.643. The third kappa shape index (κ3) is 2.68. The second kappa shape index (κ2) is 5.04. The molecular weight excluding hydrogens is 226 g/mol. The highest BCUT2D eigenvalue weighted by Crippen LogP contribution is 2.24. The minimum Gasteiger partial charge on any atom is -0.340 e. The number of ketones is 1. The Morgan fingerprint density at radius 3 is 2.44 bits per heavy atom. The van der Waals surface area contributed by atoms with E-state index in [1.807, 2.05) is 6.92 Å². The van der Waals surface area contributed by atoms with Crippen molar-refractivity contribution in [2.75, 3.05) is 18.0 Å². The maximum absolute atomic E-state index is 11.4. The van der Waals surface area contributed by atoms with Gasteiger partial charge in [-0.05, 0) is 32.1 Å². The van der Waals surface area contributed by atoms with Crippen molar-refractivity contribution in [1.82, 2.24) is 9.97 Å². The largest absolute Gasteiger partial charge is 0.340 e. The number of Topliss-reactive ketones (excluding diaryl/α,β-unsaturated/α-hetero) is 1. The third-order valence-corrected chi connectivity index (χ3v) is 3.50. The first-order chi connectivity index (χ1) is 8.47. The van der Waals surface area contributed by atoms with Crippen LogP contribution in [-0.2, 0) is 0 Å². The van der Waals surface area contributed by atoms with E-state index >= 15 is 0 Å². The molecule has 0 aromatic carbocycles. The molecule has 0 saturated carbocycles. The summed E-state index contributed by atoms with van der Waals surface area (Å²) in [5.41, 5.74) is 1.40. The van der Waals surface area contributed by atoms with Crippen LogP contribution in [0.15, 0.2) is 6.20 Å². The van der Waals surface area contributed by atoms with Gasteiger partial charge in [0.15, 0.2) is 5.78 Å². The highest BCUT2D eigenvalue weighted by molar-refractivity contribution is 5.94. The SMILES string of the molecule is CC(=O)c1cnc(N2C[C@@H](C)C[C@H](C)C2)nc1C. The Kier molecular flexibility index (Phi) is 3.64. The number of anilines is 1. The summed E-state index contributed by atoms with van der Waals surface area (Å²) in [5.74, 6) is 2.13. The number of aryl methyl sites for hydroxylation is 1. The molecule has 0 aliphatic carbocycles. The molecule has 4 nitrogen and oxygen atoms in total. The lowest BCUT2D eigenvalue weighted by molar-refractivity contribution is 0.101. The smallest absolute Gasteiger partial charge is 0.225 e. The van der Waals surface area contributed by atoms with Crippen molar-refractivity contribution in [2.45, 2.75) is 34.1 Å². The number of nitrogens with zero attached hydrogens (tertiary/aromatic N) is 3. The van der Waals surface area contributed by atoms with Crippen LogP contribution < -0.4 is 4.90 Å². The fourth-order valence-electron chi connectivity index (χ4n) is 2.78. The van der Waals surface area contributed by atoms with E-state index < -0.39 is 0 Å². The molecule has 4 heteroatoms. The van der Waals surface area contributed by atoms with Crippen LogP contribution in [-0.4, -0.2) is 28.8 Å². The zero-order valence-electron chi connectivity index (χ0n) is 11.6. The summed E-state index contributed by atoms with van der Waals surface area (Å²) in [6.45, 7) is 9.96. The molecular formula is C14H21N3O. The lowest BCUT2D eigenvalue weighted by atomic mass is 9.92. The number of rotatable bonds is 2. The molecule has 2 rings (SSSR count). The first-order valence-electron chi connectivity index (χ1n) is 6.57. The van der Waals surface area contributed by atoms with Gasteiger partial charge in [-0.15, -0.1) is 0 Å².